The van der Waals surface area contributed by atoms with Crippen LogP contribution in [-0.2, 0) is 16.1 Å². The fourth-order valence-corrected chi connectivity index (χ4v) is 4.11. The molecule has 1 aliphatic heterocycles. The summed E-state index contributed by atoms with van der Waals surface area (Å²) < 4.78 is 23.0. The molecule has 0 N–H and O–H groups in total. The molecule has 0 aliphatic carbocycles. The third kappa shape index (κ3) is 3.82. The van der Waals surface area contributed by atoms with Gasteiger partial charge in [-0.2, -0.15) is 0 Å². The standard InChI is InChI=1S/C26H21NO6/c1-2-30-26(29)24-21(22-23(33-24)18-11-4-6-13-20(18)32-25(22)28)17-10-3-5-12-19(17)31-15-16-9-7-8-14-27-16/h3-14,21,24H,2,15H2,1H3/t21-,24+/m1/s1. The van der Waals surface area contributed by atoms with E-state index in [9.17, 15) is 9.59 Å². The van der Waals surface area contributed by atoms with Crippen LogP contribution in [0.3, 0.4) is 0 Å². The summed E-state index contributed by atoms with van der Waals surface area (Å²) in [5.74, 6) is -0.447. The molecule has 0 bridgehead atoms. The zero-order chi connectivity index (χ0) is 22.8. The first-order valence-corrected chi connectivity index (χ1v) is 10.7. The van der Waals surface area contributed by atoms with E-state index in [2.05, 4.69) is 4.98 Å². The van der Waals surface area contributed by atoms with Crippen molar-refractivity contribution in [1.29, 1.82) is 0 Å². The average molecular weight is 443 g/mol. The quantitative estimate of drug-likeness (QED) is 0.326. The van der Waals surface area contributed by atoms with Gasteiger partial charge in [-0.05, 0) is 37.3 Å². The van der Waals surface area contributed by atoms with Crippen LogP contribution in [0.1, 0.15) is 29.7 Å². The maximum Gasteiger partial charge on any atom is 0.348 e. The molecular formula is C26H21NO6. The highest BCUT2D eigenvalue weighted by Crippen LogP contribution is 2.46. The lowest BCUT2D eigenvalue weighted by Gasteiger charge is -2.20. The summed E-state index contributed by atoms with van der Waals surface area (Å²) in [4.78, 5) is 30.3. The molecule has 0 spiro atoms. The van der Waals surface area contributed by atoms with Gasteiger partial charge in [0, 0.05) is 11.8 Å². The number of nitrogens with zero attached hydrogens (tertiary/aromatic N) is 1. The largest absolute Gasteiger partial charge is 0.487 e. The number of rotatable bonds is 6. The van der Waals surface area contributed by atoms with E-state index < -0.39 is 23.6 Å². The van der Waals surface area contributed by atoms with Crippen molar-refractivity contribution in [2.75, 3.05) is 6.61 Å². The molecule has 0 unspecified atom stereocenters. The van der Waals surface area contributed by atoms with Crippen molar-refractivity contribution in [3.05, 3.63) is 100 Å². The molecule has 0 fully saturated rings. The smallest absolute Gasteiger partial charge is 0.348 e. The molecule has 0 amide bonds. The van der Waals surface area contributed by atoms with Gasteiger partial charge in [0.15, 0.2) is 0 Å². The van der Waals surface area contributed by atoms with Crippen LogP contribution in [0.25, 0.3) is 11.0 Å². The lowest BCUT2D eigenvalue weighted by atomic mass is 9.88. The summed E-state index contributed by atoms with van der Waals surface area (Å²) in [5, 5.41) is 0.621. The Balaban J connectivity index is 1.63. The normalized spacial score (nSPS) is 16.8. The Bertz CT molecular complexity index is 1360. The number of hydrogen-bond donors (Lipinski definition) is 0. The number of pyridine rings is 1. The third-order valence-electron chi connectivity index (χ3n) is 5.53. The van der Waals surface area contributed by atoms with Crippen molar-refractivity contribution < 1.29 is 23.4 Å². The Hall–Kier alpha value is -4.13. The minimum atomic E-state index is -1.05. The SMILES string of the molecule is CCOC(=O)[C@H]1Oc2c(c(=O)oc3ccccc23)[C@H]1c1ccccc1OCc1ccccn1. The Morgan fingerprint density at radius 3 is 2.64 bits per heavy atom. The van der Waals surface area contributed by atoms with Gasteiger partial charge in [0.05, 0.1) is 29.2 Å². The first-order valence-electron chi connectivity index (χ1n) is 10.7. The van der Waals surface area contributed by atoms with Gasteiger partial charge in [-0.1, -0.05) is 36.4 Å². The van der Waals surface area contributed by atoms with Gasteiger partial charge in [0.25, 0.3) is 0 Å². The number of aromatic nitrogens is 1. The van der Waals surface area contributed by atoms with E-state index in [0.29, 0.717) is 28.0 Å². The second-order valence-corrected chi connectivity index (χ2v) is 7.54. The molecule has 7 heteroatoms. The van der Waals surface area contributed by atoms with Gasteiger partial charge in [0.1, 0.15) is 23.7 Å². The first-order chi connectivity index (χ1) is 16.2. The summed E-state index contributed by atoms with van der Waals surface area (Å²) in [6.45, 7) is 2.15. The lowest BCUT2D eigenvalue weighted by Crippen LogP contribution is -2.32. The van der Waals surface area contributed by atoms with Gasteiger partial charge < -0.3 is 18.6 Å². The molecule has 2 atom stereocenters. The second-order valence-electron chi connectivity index (χ2n) is 7.54. The summed E-state index contributed by atoms with van der Waals surface area (Å²) in [6, 6.07) is 19.9. The topological polar surface area (TPSA) is 87.9 Å². The van der Waals surface area contributed by atoms with Crippen molar-refractivity contribution in [1.82, 2.24) is 4.98 Å². The van der Waals surface area contributed by atoms with Crippen LogP contribution in [0.2, 0.25) is 0 Å². The van der Waals surface area contributed by atoms with Crippen molar-refractivity contribution in [2.24, 2.45) is 0 Å². The molecular weight excluding hydrogens is 422 g/mol. The lowest BCUT2D eigenvalue weighted by molar-refractivity contribution is -0.151. The van der Waals surface area contributed by atoms with E-state index in [-0.39, 0.29) is 18.8 Å². The molecule has 33 heavy (non-hydrogen) atoms. The highest BCUT2D eigenvalue weighted by atomic mass is 16.6. The van der Waals surface area contributed by atoms with Gasteiger partial charge in [-0.15, -0.1) is 0 Å². The molecule has 7 nitrogen and oxygen atoms in total. The summed E-state index contributed by atoms with van der Waals surface area (Å²) in [5.41, 5.74) is 1.50. The third-order valence-corrected chi connectivity index (χ3v) is 5.53. The molecule has 3 heterocycles. The molecule has 0 radical (unpaired) electrons. The molecule has 2 aromatic heterocycles. The number of fused-ring (bicyclic) bond motifs is 3. The zero-order valence-corrected chi connectivity index (χ0v) is 17.9. The predicted octanol–water partition coefficient (Wildman–Crippen LogP) is 4.22. The van der Waals surface area contributed by atoms with Crippen molar-refractivity contribution in [2.45, 2.75) is 25.6 Å². The monoisotopic (exact) mass is 443 g/mol. The van der Waals surface area contributed by atoms with Crippen LogP contribution in [0.5, 0.6) is 11.5 Å². The zero-order valence-electron chi connectivity index (χ0n) is 17.9. The van der Waals surface area contributed by atoms with Gasteiger partial charge in [0.2, 0.25) is 6.10 Å². The molecule has 2 aromatic carbocycles. The number of carbonyl (C=O) groups excluding carboxylic acids is 1. The number of carbonyl (C=O) groups is 1. The average Bonchev–Trinajstić information content (AvgIpc) is 3.25. The number of ether oxygens (including phenoxy) is 3. The minimum absolute atomic E-state index is 0.189. The van der Waals surface area contributed by atoms with E-state index in [0.717, 1.165) is 5.69 Å². The molecule has 166 valence electrons. The van der Waals surface area contributed by atoms with E-state index in [1.807, 2.05) is 42.5 Å². The van der Waals surface area contributed by atoms with Crippen LogP contribution >= 0.6 is 0 Å². The van der Waals surface area contributed by atoms with Gasteiger partial charge in [-0.3, -0.25) is 4.98 Å². The number of benzene rings is 2. The Kier molecular flexibility index (Phi) is 5.52. The Morgan fingerprint density at radius 1 is 1.03 bits per heavy atom. The highest BCUT2D eigenvalue weighted by Gasteiger charge is 2.46. The maximum atomic E-state index is 13.1. The van der Waals surface area contributed by atoms with Crippen LogP contribution < -0.4 is 15.1 Å². The second kappa shape index (κ2) is 8.78. The number of hydrogen-bond acceptors (Lipinski definition) is 7. The first kappa shape index (κ1) is 20.8. The van der Waals surface area contributed by atoms with Crippen LogP contribution in [-0.4, -0.2) is 23.7 Å². The maximum absolute atomic E-state index is 13.1. The molecule has 5 rings (SSSR count). The van der Waals surface area contributed by atoms with Crippen LogP contribution in [0.4, 0.5) is 0 Å². The van der Waals surface area contributed by atoms with E-state index in [4.69, 9.17) is 18.6 Å². The van der Waals surface area contributed by atoms with Gasteiger partial charge >= 0.3 is 11.6 Å². The number of esters is 1. The summed E-state index contributed by atoms with van der Waals surface area (Å²) >= 11 is 0. The predicted molar refractivity (Wildman–Crippen MR) is 120 cm³/mol. The van der Waals surface area contributed by atoms with Crippen molar-refractivity contribution in [3.63, 3.8) is 0 Å². The van der Waals surface area contributed by atoms with E-state index in [1.54, 1.807) is 37.4 Å². The van der Waals surface area contributed by atoms with Crippen molar-refractivity contribution in [3.8, 4) is 11.5 Å². The fourth-order valence-electron chi connectivity index (χ4n) is 4.11. The fraction of sp³-hybridized carbons (Fsp3) is 0.192. The highest BCUT2D eigenvalue weighted by molar-refractivity contribution is 5.88. The van der Waals surface area contributed by atoms with Crippen LogP contribution in [0.15, 0.2) is 82.1 Å². The van der Waals surface area contributed by atoms with E-state index >= 15 is 0 Å². The van der Waals surface area contributed by atoms with E-state index in [1.165, 1.54) is 0 Å². The molecule has 0 saturated carbocycles. The number of para-hydroxylation sites is 2. The molecule has 4 aromatic rings. The van der Waals surface area contributed by atoms with Crippen molar-refractivity contribution >= 4 is 16.9 Å². The molecule has 1 aliphatic rings. The summed E-state index contributed by atoms with van der Waals surface area (Å²) in [7, 11) is 0. The molecule has 0 saturated heterocycles. The van der Waals surface area contributed by atoms with Crippen LogP contribution in [0, 0.1) is 0 Å². The minimum Gasteiger partial charge on any atom is -0.487 e. The van der Waals surface area contributed by atoms with Gasteiger partial charge in [-0.25, -0.2) is 9.59 Å². The Labute approximate surface area is 189 Å². The summed E-state index contributed by atoms with van der Waals surface area (Å²) in [6.07, 6.45) is 0.645. The Morgan fingerprint density at radius 2 is 1.82 bits per heavy atom.